The molecule has 1 aliphatic rings. The summed E-state index contributed by atoms with van der Waals surface area (Å²) in [7, 11) is 0. The van der Waals surface area contributed by atoms with Gasteiger partial charge in [-0.3, -0.25) is 0 Å². The highest BCUT2D eigenvalue weighted by atomic mass is 32.2. The molecule has 5 nitrogen and oxygen atoms in total. The van der Waals surface area contributed by atoms with E-state index >= 15 is 0 Å². The van der Waals surface area contributed by atoms with Crippen LogP contribution in [0.3, 0.4) is 0 Å². The molecule has 0 amide bonds. The summed E-state index contributed by atoms with van der Waals surface area (Å²) in [4.78, 5) is 0.885. The van der Waals surface area contributed by atoms with Gasteiger partial charge in [-0.2, -0.15) is 0 Å². The first-order valence-electron chi connectivity index (χ1n) is 10.2. The van der Waals surface area contributed by atoms with Gasteiger partial charge in [0.25, 0.3) is 0 Å². The van der Waals surface area contributed by atoms with Gasteiger partial charge >= 0.3 is 0 Å². The fraction of sp³-hybridized carbons (Fsp3) is 0.280. The topological polar surface area (TPSA) is 79.2 Å². The molecular formula is C25H23FO5S. The number of rotatable bonds is 5. The summed E-state index contributed by atoms with van der Waals surface area (Å²) < 4.78 is 24.4. The Bertz CT molecular complexity index is 1110. The molecule has 0 unspecified atom stereocenters. The summed E-state index contributed by atoms with van der Waals surface area (Å²) in [5.41, 5.74) is -0.118. The number of aliphatic hydroxyl groups excluding tert-OH is 3. The van der Waals surface area contributed by atoms with Gasteiger partial charge in [-0.15, -0.1) is 0 Å². The number of hydrogen-bond donors (Lipinski definition) is 3. The van der Waals surface area contributed by atoms with E-state index in [1.165, 1.54) is 23.9 Å². The summed E-state index contributed by atoms with van der Waals surface area (Å²) in [5, 5.41) is 33.1. The number of hydrogen-bond acceptors (Lipinski definition) is 6. The van der Waals surface area contributed by atoms with Gasteiger partial charge in [0, 0.05) is 10.5 Å². The molecule has 5 atom stereocenters. The molecule has 0 saturated carbocycles. The fourth-order valence-corrected chi connectivity index (χ4v) is 4.63. The Kier molecular flexibility index (Phi) is 7.43. The summed E-state index contributed by atoms with van der Waals surface area (Å²) >= 11 is 1.30. The van der Waals surface area contributed by atoms with Crippen molar-refractivity contribution in [3.05, 3.63) is 78.1 Å². The van der Waals surface area contributed by atoms with Crippen LogP contribution in [-0.4, -0.2) is 58.4 Å². The van der Waals surface area contributed by atoms with Crippen molar-refractivity contribution in [1.29, 1.82) is 0 Å². The van der Waals surface area contributed by atoms with Gasteiger partial charge < -0.3 is 24.8 Å². The van der Waals surface area contributed by atoms with Crippen LogP contribution in [0, 0.1) is 17.7 Å². The number of benzene rings is 3. The van der Waals surface area contributed by atoms with Gasteiger partial charge in [-0.25, -0.2) is 4.39 Å². The second-order valence-corrected chi connectivity index (χ2v) is 8.59. The third-order valence-electron chi connectivity index (χ3n) is 5.22. The Hall–Kier alpha value is -2.44. The smallest absolute Gasteiger partial charge is 0.136 e. The van der Waals surface area contributed by atoms with Crippen molar-refractivity contribution in [1.82, 2.24) is 0 Å². The van der Waals surface area contributed by atoms with Crippen molar-refractivity contribution in [2.45, 2.75) is 34.7 Å². The van der Waals surface area contributed by atoms with Crippen LogP contribution in [0.2, 0.25) is 0 Å². The van der Waals surface area contributed by atoms with Crippen molar-refractivity contribution in [2.75, 3.05) is 13.2 Å². The molecule has 0 spiro atoms. The minimum Gasteiger partial charge on any atom is -0.394 e. The molecule has 0 aromatic heterocycles. The average molecular weight is 455 g/mol. The van der Waals surface area contributed by atoms with E-state index in [9.17, 15) is 19.7 Å². The fourth-order valence-electron chi connectivity index (χ4n) is 3.53. The van der Waals surface area contributed by atoms with E-state index in [-0.39, 0.29) is 12.4 Å². The molecule has 0 bridgehead atoms. The predicted octanol–water partition coefficient (Wildman–Crippen LogP) is 2.95. The first-order chi connectivity index (χ1) is 15.5. The van der Waals surface area contributed by atoms with E-state index in [1.54, 1.807) is 12.1 Å². The van der Waals surface area contributed by atoms with Crippen LogP contribution in [0.4, 0.5) is 4.39 Å². The van der Waals surface area contributed by atoms with Crippen LogP contribution in [0.25, 0.3) is 10.8 Å². The number of halogens is 1. The van der Waals surface area contributed by atoms with Gasteiger partial charge in [0.1, 0.15) is 42.3 Å². The van der Waals surface area contributed by atoms with E-state index in [2.05, 4.69) is 11.8 Å². The normalized spacial score (nSPS) is 25.3. The summed E-state index contributed by atoms with van der Waals surface area (Å²) in [6.45, 7) is -0.467. The molecule has 0 aliphatic carbocycles. The average Bonchev–Trinajstić information content (AvgIpc) is 2.81. The van der Waals surface area contributed by atoms with Crippen LogP contribution in [-0.2, 0) is 9.47 Å². The van der Waals surface area contributed by atoms with Gasteiger partial charge in [0.05, 0.1) is 6.61 Å². The Morgan fingerprint density at radius 2 is 1.72 bits per heavy atom. The van der Waals surface area contributed by atoms with Gasteiger partial charge in [0.2, 0.25) is 0 Å². The molecule has 1 heterocycles. The van der Waals surface area contributed by atoms with Crippen LogP contribution < -0.4 is 0 Å². The highest BCUT2D eigenvalue weighted by Crippen LogP contribution is 2.35. The number of thioether (sulfide) groups is 1. The lowest BCUT2D eigenvalue weighted by Crippen LogP contribution is -2.58. The van der Waals surface area contributed by atoms with Crippen molar-refractivity contribution in [2.24, 2.45) is 0 Å². The van der Waals surface area contributed by atoms with E-state index in [4.69, 9.17) is 9.47 Å². The second kappa shape index (κ2) is 10.5. The predicted molar refractivity (Wildman–Crippen MR) is 121 cm³/mol. The molecular weight excluding hydrogens is 431 g/mol. The Balaban J connectivity index is 1.45. The van der Waals surface area contributed by atoms with E-state index in [0.29, 0.717) is 5.56 Å². The quantitative estimate of drug-likeness (QED) is 0.515. The Morgan fingerprint density at radius 1 is 0.969 bits per heavy atom. The number of aliphatic hydroxyl groups is 3. The molecule has 1 saturated heterocycles. The van der Waals surface area contributed by atoms with E-state index in [0.717, 1.165) is 15.7 Å². The van der Waals surface area contributed by atoms with Crippen LogP contribution in [0.15, 0.2) is 71.6 Å². The van der Waals surface area contributed by atoms with Crippen LogP contribution >= 0.6 is 11.8 Å². The molecule has 7 heteroatoms. The monoisotopic (exact) mass is 454 g/mol. The molecule has 4 rings (SSSR count). The SMILES string of the molecule is OC[C@H]1O[C@@H](Sc2ccc3ccccc3c2)[C@H](O)[C@@H](OCC#Cc2ccc(F)cc2)[C@H]1O. The maximum atomic E-state index is 13.0. The minimum absolute atomic E-state index is 0.0539. The van der Waals surface area contributed by atoms with E-state index in [1.807, 2.05) is 42.5 Å². The standard InChI is InChI=1S/C25H23FO5S/c26-19-10-7-16(8-11-19)4-3-13-30-24-22(28)21(15-27)31-25(23(24)29)32-20-12-9-17-5-1-2-6-18(17)14-20/h1-2,5-12,14,21-25,27-29H,13,15H2/t21-,22+,23-,24+,25+/m1/s1. The maximum Gasteiger partial charge on any atom is 0.136 e. The zero-order chi connectivity index (χ0) is 22.5. The lowest BCUT2D eigenvalue weighted by atomic mass is 10.00. The molecule has 32 heavy (non-hydrogen) atoms. The van der Waals surface area contributed by atoms with Crippen LogP contribution in [0.1, 0.15) is 5.56 Å². The molecule has 1 aliphatic heterocycles. The zero-order valence-corrected chi connectivity index (χ0v) is 17.9. The molecule has 3 N–H and O–H groups in total. The van der Waals surface area contributed by atoms with E-state index < -0.39 is 36.5 Å². The lowest BCUT2D eigenvalue weighted by molar-refractivity contribution is -0.217. The van der Waals surface area contributed by atoms with Crippen LogP contribution in [0.5, 0.6) is 0 Å². The molecule has 166 valence electrons. The lowest BCUT2D eigenvalue weighted by Gasteiger charge is -2.41. The van der Waals surface area contributed by atoms with Crippen molar-refractivity contribution in [3.63, 3.8) is 0 Å². The third kappa shape index (κ3) is 5.30. The maximum absolute atomic E-state index is 13.0. The second-order valence-electron chi connectivity index (χ2n) is 7.42. The summed E-state index contributed by atoms with van der Waals surface area (Å²) in [5.74, 6) is 5.30. The first-order valence-corrected chi connectivity index (χ1v) is 11.1. The number of fused-ring (bicyclic) bond motifs is 1. The summed E-state index contributed by atoms with van der Waals surface area (Å²) in [6.07, 6.45) is -4.24. The largest absolute Gasteiger partial charge is 0.394 e. The van der Waals surface area contributed by atoms with Gasteiger partial charge in [0.15, 0.2) is 0 Å². The van der Waals surface area contributed by atoms with Crippen molar-refractivity contribution < 1.29 is 29.2 Å². The Labute approximate surface area is 189 Å². The summed E-state index contributed by atoms with van der Waals surface area (Å²) in [6, 6.07) is 19.6. The third-order valence-corrected chi connectivity index (χ3v) is 6.37. The molecule has 3 aromatic rings. The first kappa shape index (κ1) is 22.7. The van der Waals surface area contributed by atoms with Crippen molar-refractivity contribution >= 4 is 22.5 Å². The zero-order valence-electron chi connectivity index (χ0n) is 17.1. The highest BCUT2D eigenvalue weighted by Gasteiger charge is 2.45. The van der Waals surface area contributed by atoms with Gasteiger partial charge in [-0.1, -0.05) is 53.9 Å². The van der Waals surface area contributed by atoms with Gasteiger partial charge in [-0.05, 0) is 47.2 Å². The molecule has 1 fully saturated rings. The number of ether oxygens (including phenoxy) is 2. The van der Waals surface area contributed by atoms with Crippen molar-refractivity contribution in [3.8, 4) is 11.8 Å². The molecule has 3 aromatic carbocycles. The highest BCUT2D eigenvalue weighted by molar-refractivity contribution is 7.99. The minimum atomic E-state index is -1.21. The molecule has 0 radical (unpaired) electrons. The Morgan fingerprint density at radius 3 is 2.47 bits per heavy atom.